The summed E-state index contributed by atoms with van der Waals surface area (Å²) in [6.07, 6.45) is 0. The first kappa shape index (κ1) is 14.7. The summed E-state index contributed by atoms with van der Waals surface area (Å²) in [7, 11) is 1.41. The molecule has 1 aromatic rings. The number of hydrogen-bond donors (Lipinski definition) is 0. The van der Waals surface area contributed by atoms with Crippen LogP contribution in [0.3, 0.4) is 0 Å². The highest BCUT2D eigenvalue weighted by Crippen LogP contribution is 2.33. The number of hydrogen-bond acceptors (Lipinski definition) is 3. The number of carbonyl (C=O) groups excluding carboxylic acids is 1. The van der Waals surface area contributed by atoms with Crippen LogP contribution in [0.25, 0.3) is 0 Å². The van der Waals surface area contributed by atoms with E-state index in [1.807, 2.05) is 0 Å². The van der Waals surface area contributed by atoms with Gasteiger partial charge in [0.1, 0.15) is 5.75 Å². The van der Waals surface area contributed by atoms with Gasteiger partial charge >= 0.3 is 11.9 Å². The smallest absolute Gasteiger partial charge is 0.381 e. The lowest BCUT2D eigenvalue weighted by molar-refractivity contribution is -0.173. The molecule has 0 fully saturated rings. The van der Waals surface area contributed by atoms with E-state index >= 15 is 0 Å². The maximum atomic E-state index is 13.7. The second-order valence-corrected chi connectivity index (χ2v) is 3.72. The van der Waals surface area contributed by atoms with Crippen molar-refractivity contribution in [3.63, 3.8) is 0 Å². The average molecular weight is 279 g/mol. The molecule has 0 atom stereocenters. The average Bonchev–Trinajstić information content (AvgIpc) is 2.38. The minimum absolute atomic E-state index is 0.00984. The predicted octanol–water partition coefficient (Wildman–Crippen LogP) is 3.09. The fourth-order valence-electron chi connectivity index (χ4n) is 1.42. The topological polar surface area (TPSA) is 35.5 Å². The van der Waals surface area contributed by atoms with Gasteiger partial charge in [0.05, 0.1) is 19.6 Å². The van der Waals surface area contributed by atoms with E-state index in [0.717, 1.165) is 12.1 Å². The van der Waals surface area contributed by atoms with Crippen LogP contribution in [0.5, 0.6) is 5.75 Å². The molecule has 0 spiro atoms. The minimum Gasteiger partial charge on any atom is -0.496 e. The normalized spacial score (nSPS) is 11.2. The lowest BCUT2D eigenvalue weighted by atomic mass is 10.1. The SMILES string of the molecule is CCOC(=O)C(F)(F)c1ccc(OC)c(CCl)c1. The van der Waals surface area contributed by atoms with Crippen LogP contribution in [0.4, 0.5) is 8.78 Å². The number of rotatable bonds is 5. The third kappa shape index (κ3) is 2.90. The number of esters is 1. The second kappa shape index (κ2) is 6.00. The Hall–Kier alpha value is -1.36. The van der Waals surface area contributed by atoms with Crippen LogP contribution < -0.4 is 4.74 Å². The summed E-state index contributed by atoms with van der Waals surface area (Å²) in [4.78, 5) is 11.2. The van der Waals surface area contributed by atoms with Crippen LogP contribution in [0, 0.1) is 0 Å². The van der Waals surface area contributed by atoms with E-state index in [2.05, 4.69) is 4.74 Å². The molecule has 0 aliphatic carbocycles. The molecule has 18 heavy (non-hydrogen) atoms. The van der Waals surface area contributed by atoms with Gasteiger partial charge in [-0.3, -0.25) is 0 Å². The molecule has 0 aliphatic heterocycles. The maximum Gasteiger partial charge on any atom is 0.381 e. The Morgan fingerprint density at radius 2 is 2.11 bits per heavy atom. The largest absolute Gasteiger partial charge is 0.496 e. The van der Waals surface area contributed by atoms with Crippen molar-refractivity contribution in [2.24, 2.45) is 0 Å². The third-order valence-electron chi connectivity index (χ3n) is 2.32. The zero-order valence-corrected chi connectivity index (χ0v) is 10.8. The Kier molecular flexibility index (Phi) is 4.90. The summed E-state index contributed by atoms with van der Waals surface area (Å²) in [6.45, 7) is 1.36. The number of ether oxygens (including phenoxy) is 2. The summed E-state index contributed by atoms with van der Waals surface area (Å²) in [6, 6.07) is 3.61. The Balaban J connectivity index is 3.12. The van der Waals surface area contributed by atoms with Crippen molar-refractivity contribution in [3.8, 4) is 5.75 Å². The van der Waals surface area contributed by atoms with Gasteiger partial charge in [-0.15, -0.1) is 11.6 Å². The molecule has 0 saturated heterocycles. The number of methoxy groups -OCH3 is 1. The fraction of sp³-hybridized carbons (Fsp3) is 0.417. The van der Waals surface area contributed by atoms with E-state index in [1.165, 1.54) is 20.1 Å². The van der Waals surface area contributed by atoms with Gasteiger partial charge < -0.3 is 9.47 Å². The molecule has 3 nitrogen and oxygen atoms in total. The zero-order valence-electron chi connectivity index (χ0n) is 10.0. The lowest BCUT2D eigenvalue weighted by Gasteiger charge is -2.16. The highest BCUT2D eigenvalue weighted by Gasteiger charge is 2.42. The van der Waals surface area contributed by atoms with Crippen LogP contribution >= 0.6 is 11.6 Å². The summed E-state index contributed by atoms with van der Waals surface area (Å²) in [5, 5.41) is 0. The van der Waals surface area contributed by atoms with Crippen molar-refractivity contribution in [1.82, 2.24) is 0 Å². The monoisotopic (exact) mass is 278 g/mol. The van der Waals surface area contributed by atoms with E-state index in [-0.39, 0.29) is 12.5 Å². The van der Waals surface area contributed by atoms with Crippen LogP contribution in [-0.2, 0) is 21.3 Å². The zero-order chi connectivity index (χ0) is 13.8. The second-order valence-electron chi connectivity index (χ2n) is 3.46. The number of benzene rings is 1. The van der Waals surface area contributed by atoms with E-state index in [1.54, 1.807) is 0 Å². The van der Waals surface area contributed by atoms with Gasteiger partial charge in [-0.1, -0.05) is 0 Å². The van der Waals surface area contributed by atoms with Crippen LogP contribution in [-0.4, -0.2) is 19.7 Å². The van der Waals surface area contributed by atoms with Crippen molar-refractivity contribution in [2.75, 3.05) is 13.7 Å². The molecule has 6 heteroatoms. The lowest BCUT2D eigenvalue weighted by Crippen LogP contribution is -2.28. The molecular formula is C12H13ClF2O3. The van der Waals surface area contributed by atoms with Crippen molar-refractivity contribution in [3.05, 3.63) is 29.3 Å². The van der Waals surface area contributed by atoms with E-state index in [0.29, 0.717) is 11.3 Å². The third-order valence-corrected chi connectivity index (χ3v) is 2.61. The van der Waals surface area contributed by atoms with Crippen LogP contribution in [0.2, 0.25) is 0 Å². The van der Waals surface area contributed by atoms with E-state index in [9.17, 15) is 13.6 Å². The van der Waals surface area contributed by atoms with Crippen molar-refractivity contribution >= 4 is 17.6 Å². The number of alkyl halides is 3. The Morgan fingerprint density at radius 1 is 1.44 bits per heavy atom. The van der Waals surface area contributed by atoms with Gasteiger partial charge in [0.25, 0.3) is 0 Å². The molecule has 0 radical (unpaired) electrons. The van der Waals surface area contributed by atoms with Gasteiger partial charge in [0.2, 0.25) is 0 Å². The molecule has 0 saturated carbocycles. The van der Waals surface area contributed by atoms with Gasteiger partial charge in [0, 0.05) is 11.1 Å². The van der Waals surface area contributed by atoms with Gasteiger partial charge in [-0.05, 0) is 25.1 Å². The molecule has 0 amide bonds. The Morgan fingerprint density at radius 3 is 2.61 bits per heavy atom. The first-order chi connectivity index (χ1) is 8.47. The first-order valence-corrected chi connectivity index (χ1v) is 5.79. The number of halogens is 3. The molecule has 0 unspecified atom stereocenters. The summed E-state index contributed by atoms with van der Waals surface area (Å²) in [5.74, 6) is -4.86. The molecule has 0 heterocycles. The van der Waals surface area contributed by atoms with Gasteiger partial charge in [0.15, 0.2) is 0 Å². The van der Waals surface area contributed by atoms with Crippen molar-refractivity contribution in [2.45, 2.75) is 18.7 Å². The molecule has 0 aromatic heterocycles. The van der Waals surface area contributed by atoms with Crippen molar-refractivity contribution in [1.29, 1.82) is 0 Å². The molecule has 0 bridgehead atoms. The summed E-state index contributed by atoms with van der Waals surface area (Å²) in [5.41, 5.74) is -0.0713. The van der Waals surface area contributed by atoms with E-state index in [4.69, 9.17) is 16.3 Å². The predicted molar refractivity (Wildman–Crippen MR) is 63.1 cm³/mol. The molecule has 1 aromatic carbocycles. The molecular weight excluding hydrogens is 266 g/mol. The molecule has 1 rings (SSSR count). The molecule has 0 N–H and O–H groups in total. The van der Waals surface area contributed by atoms with Gasteiger partial charge in [-0.2, -0.15) is 8.78 Å². The minimum atomic E-state index is -3.69. The summed E-state index contributed by atoms with van der Waals surface area (Å²) >= 11 is 5.63. The fourth-order valence-corrected chi connectivity index (χ4v) is 1.63. The van der Waals surface area contributed by atoms with E-state index < -0.39 is 17.5 Å². The quantitative estimate of drug-likeness (QED) is 0.613. The Bertz CT molecular complexity index is 435. The molecule has 100 valence electrons. The van der Waals surface area contributed by atoms with Gasteiger partial charge in [-0.25, -0.2) is 4.79 Å². The highest BCUT2D eigenvalue weighted by atomic mass is 35.5. The van der Waals surface area contributed by atoms with Crippen LogP contribution in [0.1, 0.15) is 18.1 Å². The maximum absolute atomic E-state index is 13.7. The van der Waals surface area contributed by atoms with Crippen molar-refractivity contribution < 1.29 is 23.0 Å². The Labute approximate surface area is 109 Å². The van der Waals surface area contributed by atoms with Crippen LogP contribution in [0.15, 0.2) is 18.2 Å². The molecule has 0 aliphatic rings. The number of carbonyl (C=O) groups is 1. The summed E-state index contributed by atoms with van der Waals surface area (Å²) < 4.78 is 36.8. The standard InChI is InChI=1S/C12H13ClF2O3/c1-3-18-11(16)12(14,15)9-4-5-10(17-2)8(6-9)7-13/h4-6H,3,7H2,1-2H3. The highest BCUT2D eigenvalue weighted by molar-refractivity contribution is 6.17. The first-order valence-electron chi connectivity index (χ1n) is 5.25.